The van der Waals surface area contributed by atoms with Crippen molar-refractivity contribution in [2.24, 2.45) is 0 Å². The van der Waals surface area contributed by atoms with E-state index in [1.165, 1.54) is 0 Å². The van der Waals surface area contributed by atoms with Gasteiger partial charge in [0.2, 0.25) is 0 Å². The van der Waals surface area contributed by atoms with Gasteiger partial charge < -0.3 is 24.3 Å². The molecule has 0 saturated carbocycles. The first-order valence-electron chi connectivity index (χ1n) is 11.6. The maximum absolute atomic E-state index is 5.88. The Morgan fingerprint density at radius 2 is 1.71 bits per heavy atom. The molecule has 3 heterocycles. The fourth-order valence-electron chi connectivity index (χ4n) is 4.57. The smallest absolute Gasteiger partial charge is 0.174 e. The number of hydrogen-bond donors (Lipinski definition) is 1. The minimum atomic E-state index is -0.144. The summed E-state index contributed by atoms with van der Waals surface area (Å²) in [5, 5.41) is 4.18. The number of nitrogens with one attached hydrogen (secondary N) is 1. The van der Waals surface area contributed by atoms with E-state index in [1.807, 2.05) is 68.6 Å². The van der Waals surface area contributed by atoms with Gasteiger partial charge in [0.1, 0.15) is 17.5 Å². The van der Waals surface area contributed by atoms with Crippen LogP contribution in [0.3, 0.4) is 0 Å². The van der Waals surface area contributed by atoms with E-state index >= 15 is 0 Å². The second-order valence-electron chi connectivity index (χ2n) is 8.63. The molecule has 0 radical (unpaired) electrons. The number of aromatic nitrogens is 2. The van der Waals surface area contributed by atoms with E-state index in [9.17, 15) is 0 Å². The molecule has 2 aromatic heterocycles. The summed E-state index contributed by atoms with van der Waals surface area (Å²) in [4.78, 5) is 6.83. The summed E-state index contributed by atoms with van der Waals surface area (Å²) >= 11 is 5.88. The number of pyridine rings is 1. The second-order valence-corrected chi connectivity index (χ2v) is 9.02. The quantitative estimate of drug-likeness (QED) is 0.332. The molecule has 0 amide bonds. The molecule has 0 spiro atoms. The van der Waals surface area contributed by atoms with Crippen LogP contribution in [-0.4, -0.2) is 27.9 Å². The molecule has 1 aliphatic rings. The zero-order valence-electron chi connectivity index (χ0n) is 20.0. The largest absolute Gasteiger partial charge is 0.495 e. The van der Waals surface area contributed by atoms with Crippen molar-refractivity contribution in [2.45, 2.75) is 32.0 Å². The number of nitrogens with zero attached hydrogens (tertiary/aromatic N) is 3. The molecular formula is C28H28N4O2S. The van der Waals surface area contributed by atoms with Crippen LogP contribution in [0.15, 0.2) is 91.3 Å². The fourth-order valence-corrected chi connectivity index (χ4v) is 4.92. The van der Waals surface area contributed by atoms with Crippen molar-refractivity contribution in [2.75, 3.05) is 12.0 Å². The first-order chi connectivity index (χ1) is 17.1. The van der Waals surface area contributed by atoms with Gasteiger partial charge in [0, 0.05) is 23.8 Å². The highest BCUT2D eigenvalue weighted by Gasteiger charge is 2.42. The third-order valence-corrected chi connectivity index (χ3v) is 6.33. The number of methoxy groups -OCH3 is 1. The van der Waals surface area contributed by atoms with Crippen LogP contribution in [0, 0.1) is 0 Å². The molecule has 2 atom stereocenters. The Morgan fingerprint density at radius 3 is 2.43 bits per heavy atom. The summed E-state index contributed by atoms with van der Waals surface area (Å²) in [6.45, 7) is 4.04. The molecule has 6 nitrogen and oxygen atoms in total. The lowest BCUT2D eigenvalue weighted by Crippen LogP contribution is -2.30. The number of hydrogen-bond acceptors (Lipinski definition) is 4. The zero-order chi connectivity index (χ0) is 24.4. The summed E-state index contributed by atoms with van der Waals surface area (Å²) in [5.41, 5.74) is 3.94. The van der Waals surface area contributed by atoms with Crippen LogP contribution in [0.1, 0.15) is 37.3 Å². The van der Waals surface area contributed by atoms with Gasteiger partial charge in [0.15, 0.2) is 5.11 Å². The summed E-state index contributed by atoms with van der Waals surface area (Å²) in [7, 11) is 1.69. The molecule has 7 heteroatoms. The summed E-state index contributed by atoms with van der Waals surface area (Å²) in [5.74, 6) is 1.63. The molecule has 0 bridgehead atoms. The van der Waals surface area contributed by atoms with Gasteiger partial charge in [-0.05, 0) is 86.7 Å². The minimum Gasteiger partial charge on any atom is -0.495 e. The van der Waals surface area contributed by atoms with E-state index < -0.39 is 0 Å². The van der Waals surface area contributed by atoms with Gasteiger partial charge in [-0.25, -0.2) is 0 Å². The van der Waals surface area contributed by atoms with Crippen molar-refractivity contribution in [3.05, 3.63) is 103 Å². The van der Waals surface area contributed by atoms with Crippen molar-refractivity contribution in [1.82, 2.24) is 14.9 Å². The molecule has 4 aromatic rings. The normalized spacial score (nSPS) is 17.5. The number of anilines is 1. The van der Waals surface area contributed by atoms with Crippen LogP contribution in [0.25, 0.3) is 5.69 Å². The van der Waals surface area contributed by atoms with E-state index in [2.05, 4.69) is 56.3 Å². The van der Waals surface area contributed by atoms with E-state index in [-0.39, 0.29) is 18.2 Å². The maximum Gasteiger partial charge on any atom is 0.174 e. The van der Waals surface area contributed by atoms with Crippen LogP contribution < -0.4 is 19.7 Å². The van der Waals surface area contributed by atoms with Gasteiger partial charge in [-0.2, -0.15) is 0 Å². The van der Waals surface area contributed by atoms with Crippen LogP contribution in [0.5, 0.6) is 11.5 Å². The lowest BCUT2D eigenvalue weighted by atomic mass is 10.0. The predicted octanol–water partition coefficient (Wildman–Crippen LogP) is 5.85. The maximum atomic E-state index is 5.88. The number of rotatable bonds is 7. The van der Waals surface area contributed by atoms with E-state index in [0.29, 0.717) is 5.11 Å². The topological polar surface area (TPSA) is 51.5 Å². The SMILES string of the molecule is COc1ccccc1-n1cccc1[C@@H]1[C@H](c2ccccn2)NC(=S)N1c1ccc(OC(C)C)cc1. The predicted molar refractivity (Wildman–Crippen MR) is 142 cm³/mol. The number of benzene rings is 2. The van der Waals surface area contributed by atoms with Crippen LogP contribution in [0.4, 0.5) is 5.69 Å². The second kappa shape index (κ2) is 9.80. The van der Waals surface area contributed by atoms with Crippen molar-refractivity contribution >= 4 is 23.0 Å². The summed E-state index contributed by atoms with van der Waals surface area (Å²) in [6.07, 6.45) is 3.99. The van der Waals surface area contributed by atoms with Gasteiger partial charge in [0.05, 0.1) is 30.6 Å². The Bertz CT molecular complexity index is 1300. The third kappa shape index (κ3) is 4.47. The van der Waals surface area contributed by atoms with Crippen LogP contribution in [-0.2, 0) is 0 Å². The molecule has 2 aromatic carbocycles. The molecule has 1 fully saturated rings. The first-order valence-corrected chi connectivity index (χ1v) is 12.1. The van der Waals surface area contributed by atoms with E-state index in [0.717, 1.165) is 34.3 Å². The number of thiocarbonyl (C=S) groups is 1. The first kappa shape index (κ1) is 22.9. The molecule has 1 aliphatic heterocycles. The van der Waals surface area contributed by atoms with Crippen molar-refractivity contribution in [1.29, 1.82) is 0 Å². The zero-order valence-corrected chi connectivity index (χ0v) is 20.8. The Morgan fingerprint density at radius 1 is 0.943 bits per heavy atom. The Balaban J connectivity index is 1.62. The van der Waals surface area contributed by atoms with Gasteiger partial charge >= 0.3 is 0 Å². The number of para-hydroxylation sites is 2. The highest BCUT2D eigenvalue weighted by Crippen LogP contribution is 2.43. The monoisotopic (exact) mass is 484 g/mol. The Hall–Kier alpha value is -3.84. The molecule has 5 rings (SSSR count). The van der Waals surface area contributed by atoms with Crippen LogP contribution in [0.2, 0.25) is 0 Å². The molecule has 178 valence electrons. The van der Waals surface area contributed by atoms with Gasteiger partial charge in [-0.15, -0.1) is 0 Å². The fraction of sp³-hybridized carbons (Fsp3) is 0.214. The van der Waals surface area contributed by atoms with E-state index in [4.69, 9.17) is 21.7 Å². The Labute approximate surface area is 211 Å². The molecule has 1 N–H and O–H groups in total. The highest BCUT2D eigenvalue weighted by atomic mass is 32.1. The van der Waals surface area contributed by atoms with Gasteiger partial charge in [0.25, 0.3) is 0 Å². The number of ether oxygens (including phenoxy) is 2. The standard InChI is InChI=1S/C28H28N4O2S/c1-19(2)34-21-15-13-20(14-16-21)32-27(26(30-28(32)35)22-9-6-7-17-29-22)24-11-8-18-31(24)23-10-4-5-12-25(23)33-3/h4-19,26-27H,1-3H3,(H,30,35)/t26-,27+/m0/s1. The van der Waals surface area contributed by atoms with Gasteiger partial charge in [-0.1, -0.05) is 18.2 Å². The molecule has 0 aliphatic carbocycles. The summed E-state index contributed by atoms with van der Waals surface area (Å²) in [6, 6.07) is 26.0. The molecular weight excluding hydrogens is 456 g/mol. The molecule has 35 heavy (non-hydrogen) atoms. The average molecular weight is 485 g/mol. The van der Waals surface area contributed by atoms with Crippen LogP contribution >= 0.6 is 12.2 Å². The summed E-state index contributed by atoms with van der Waals surface area (Å²) < 4.78 is 13.7. The Kier molecular flexibility index (Phi) is 6.42. The molecule has 0 unspecified atom stereocenters. The third-order valence-electron chi connectivity index (χ3n) is 6.01. The van der Waals surface area contributed by atoms with Crippen molar-refractivity contribution in [3.8, 4) is 17.2 Å². The minimum absolute atomic E-state index is 0.112. The average Bonchev–Trinajstić information content (AvgIpc) is 3.49. The highest BCUT2D eigenvalue weighted by molar-refractivity contribution is 7.80. The van der Waals surface area contributed by atoms with E-state index in [1.54, 1.807) is 7.11 Å². The van der Waals surface area contributed by atoms with Gasteiger partial charge in [-0.3, -0.25) is 4.98 Å². The lowest BCUT2D eigenvalue weighted by Gasteiger charge is -2.29. The van der Waals surface area contributed by atoms with Crippen molar-refractivity contribution < 1.29 is 9.47 Å². The molecule has 1 saturated heterocycles. The van der Waals surface area contributed by atoms with Crippen molar-refractivity contribution in [3.63, 3.8) is 0 Å². The lowest BCUT2D eigenvalue weighted by molar-refractivity contribution is 0.242.